The van der Waals surface area contributed by atoms with Crippen LogP contribution in [0.25, 0.3) is 0 Å². The average Bonchev–Trinajstić information content (AvgIpc) is 3.19. The summed E-state index contributed by atoms with van der Waals surface area (Å²) in [5.74, 6) is 1.10. The van der Waals surface area contributed by atoms with Gasteiger partial charge in [0.2, 0.25) is 0 Å². The first kappa shape index (κ1) is 23.4. The summed E-state index contributed by atoms with van der Waals surface area (Å²) in [6, 6.07) is 17.3. The first-order valence-corrected chi connectivity index (χ1v) is 12.2. The van der Waals surface area contributed by atoms with Crippen LogP contribution in [0.4, 0.5) is 10.1 Å². The summed E-state index contributed by atoms with van der Waals surface area (Å²) in [6.45, 7) is 0. The standard InChI is InChI=1S/C26H21ClFN3O3S/c1-33-22-12-16-20(13-23(22)34-2)29-26(35-14-17-18(27)9-6-10-19(17)28)31-21(25(32)30-24(16)31)11-15-7-4-3-5-8-15/h3-10,12-13,21H,11,14H2,1-2H3/t21-/m1/s1. The second-order valence-corrected chi connectivity index (χ2v) is 9.31. The zero-order valence-electron chi connectivity index (χ0n) is 19.0. The highest BCUT2D eigenvalue weighted by atomic mass is 35.5. The number of benzene rings is 3. The normalized spacial score (nSPS) is 16.4. The Kier molecular flexibility index (Phi) is 6.49. The fourth-order valence-electron chi connectivity index (χ4n) is 4.13. The molecule has 178 valence electrons. The summed E-state index contributed by atoms with van der Waals surface area (Å²) >= 11 is 7.56. The van der Waals surface area contributed by atoms with Gasteiger partial charge in [-0.05, 0) is 23.8 Å². The van der Waals surface area contributed by atoms with Gasteiger partial charge in [0, 0.05) is 34.4 Å². The van der Waals surface area contributed by atoms with Crippen molar-refractivity contribution in [2.24, 2.45) is 9.98 Å². The fourth-order valence-corrected chi connectivity index (χ4v) is 5.52. The molecular weight excluding hydrogens is 489 g/mol. The lowest BCUT2D eigenvalue weighted by molar-refractivity contribution is -0.119. The molecule has 5 rings (SSSR count). The lowest BCUT2D eigenvalue weighted by Gasteiger charge is -2.31. The maximum Gasteiger partial charge on any atom is 0.271 e. The van der Waals surface area contributed by atoms with Crippen LogP contribution in [0.2, 0.25) is 5.02 Å². The van der Waals surface area contributed by atoms with Crippen LogP contribution < -0.4 is 9.47 Å². The molecule has 0 aromatic heterocycles. The van der Waals surface area contributed by atoms with E-state index in [9.17, 15) is 9.18 Å². The lowest BCUT2D eigenvalue weighted by atomic mass is 10.0. The minimum atomic E-state index is -0.573. The summed E-state index contributed by atoms with van der Waals surface area (Å²) in [6.07, 6.45) is 0.454. The van der Waals surface area contributed by atoms with E-state index in [4.69, 9.17) is 26.1 Å². The van der Waals surface area contributed by atoms with Crippen molar-refractivity contribution < 1.29 is 18.7 Å². The number of aliphatic imine (C=N–C) groups is 2. The maximum atomic E-state index is 14.5. The number of hydrogen-bond acceptors (Lipinski definition) is 6. The summed E-state index contributed by atoms with van der Waals surface area (Å²) in [7, 11) is 3.10. The SMILES string of the molecule is COc1cc2c(cc1OC)C1=NC(=O)[C@@H](Cc3ccccc3)N1C(SCc1c(F)cccc1Cl)=N2. The molecule has 2 heterocycles. The lowest BCUT2D eigenvalue weighted by Crippen LogP contribution is -2.44. The first-order chi connectivity index (χ1) is 17.0. The topological polar surface area (TPSA) is 63.5 Å². The zero-order valence-corrected chi connectivity index (χ0v) is 20.6. The molecule has 3 aromatic carbocycles. The van der Waals surface area contributed by atoms with E-state index in [-0.39, 0.29) is 17.5 Å². The molecule has 0 N–H and O–H groups in total. The molecule has 0 fully saturated rings. The Morgan fingerprint density at radius 3 is 2.49 bits per heavy atom. The third-order valence-corrected chi connectivity index (χ3v) is 7.22. The third kappa shape index (κ3) is 4.39. The van der Waals surface area contributed by atoms with Crippen molar-refractivity contribution in [2.75, 3.05) is 14.2 Å². The van der Waals surface area contributed by atoms with E-state index in [1.54, 1.807) is 38.5 Å². The van der Waals surface area contributed by atoms with Gasteiger partial charge in [0.1, 0.15) is 17.7 Å². The molecule has 0 spiro atoms. The number of thioether (sulfide) groups is 1. The summed E-state index contributed by atoms with van der Waals surface area (Å²) in [5.41, 5.74) is 2.64. The molecule has 0 bridgehead atoms. The van der Waals surface area contributed by atoms with Crippen LogP contribution in [-0.2, 0) is 17.0 Å². The summed E-state index contributed by atoms with van der Waals surface area (Å²) in [5, 5.41) is 0.877. The monoisotopic (exact) mass is 509 g/mol. The quantitative estimate of drug-likeness (QED) is 0.431. The predicted octanol–water partition coefficient (Wildman–Crippen LogP) is 5.63. The van der Waals surface area contributed by atoms with Gasteiger partial charge in [0.05, 0.1) is 19.9 Å². The van der Waals surface area contributed by atoms with Gasteiger partial charge in [-0.1, -0.05) is 59.8 Å². The molecule has 0 unspecified atom stereocenters. The molecule has 6 nitrogen and oxygen atoms in total. The number of halogens is 2. The van der Waals surface area contributed by atoms with Gasteiger partial charge in [0.15, 0.2) is 16.7 Å². The van der Waals surface area contributed by atoms with Crippen molar-refractivity contribution >= 4 is 46.0 Å². The van der Waals surface area contributed by atoms with Crippen LogP contribution in [0, 0.1) is 5.82 Å². The molecule has 0 saturated heterocycles. The number of rotatable bonds is 6. The number of amides is 1. The molecule has 1 atom stereocenters. The molecule has 35 heavy (non-hydrogen) atoms. The Hall–Kier alpha value is -3.36. The van der Waals surface area contributed by atoms with Gasteiger partial charge in [0.25, 0.3) is 5.91 Å². The van der Waals surface area contributed by atoms with Crippen molar-refractivity contribution in [2.45, 2.75) is 18.2 Å². The maximum absolute atomic E-state index is 14.5. The number of fused-ring (bicyclic) bond motifs is 3. The number of ether oxygens (including phenoxy) is 2. The minimum absolute atomic E-state index is 0.239. The Balaban J connectivity index is 1.57. The van der Waals surface area contributed by atoms with Crippen LogP contribution in [0.15, 0.2) is 70.6 Å². The van der Waals surface area contributed by atoms with Crippen LogP contribution in [0.3, 0.4) is 0 Å². The smallest absolute Gasteiger partial charge is 0.271 e. The predicted molar refractivity (Wildman–Crippen MR) is 137 cm³/mol. The number of carbonyl (C=O) groups is 1. The fraction of sp³-hybridized carbons (Fsp3) is 0.192. The molecule has 1 amide bonds. The second-order valence-electron chi connectivity index (χ2n) is 7.96. The van der Waals surface area contributed by atoms with E-state index in [1.165, 1.54) is 17.8 Å². The van der Waals surface area contributed by atoms with Crippen molar-refractivity contribution in [3.05, 3.63) is 88.2 Å². The molecular formula is C26H21ClFN3O3S. The highest BCUT2D eigenvalue weighted by Gasteiger charge is 2.42. The van der Waals surface area contributed by atoms with Gasteiger partial charge in [-0.15, -0.1) is 0 Å². The van der Waals surface area contributed by atoms with Crippen molar-refractivity contribution in [1.29, 1.82) is 0 Å². The molecule has 2 aliphatic rings. The van der Waals surface area contributed by atoms with E-state index in [0.717, 1.165) is 5.56 Å². The van der Waals surface area contributed by atoms with Gasteiger partial charge >= 0.3 is 0 Å². The largest absolute Gasteiger partial charge is 0.493 e. The second kappa shape index (κ2) is 9.71. The van der Waals surface area contributed by atoms with Gasteiger partial charge in [-0.25, -0.2) is 9.38 Å². The molecule has 3 aromatic rings. The minimum Gasteiger partial charge on any atom is -0.493 e. The van der Waals surface area contributed by atoms with Crippen LogP contribution in [0.5, 0.6) is 11.5 Å². The Morgan fingerprint density at radius 1 is 1.03 bits per heavy atom. The Labute approximate surface area is 211 Å². The average molecular weight is 510 g/mol. The zero-order chi connectivity index (χ0) is 24.5. The van der Waals surface area contributed by atoms with E-state index in [1.807, 2.05) is 35.2 Å². The summed E-state index contributed by atoms with van der Waals surface area (Å²) < 4.78 is 25.4. The van der Waals surface area contributed by atoms with Gasteiger partial charge in [-0.2, -0.15) is 4.99 Å². The van der Waals surface area contributed by atoms with Crippen molar-refractivity contribution in [1.82, 2.24) is 4.90 Å². The molecule has 0 saturated carbocycles. The van der Waals surface area contributed by atoms with E-state index < -0.39 is 6.04 Å². The van der Waals surface area contributed by atoms with E-state index >= 15 is 0 Å². The van der Waals surface area contributed by atoms with Gasteiger partial charge < -0.3 is 9.47 Å². The van der Waals surface area contributed by atoms with Crippen molar-refractivity contribution in [3.63, 3.8) is 0 Å². The molecule has 0 radical (unpaired) electrons. The number of hydrogen-bond donors (Lipinski definition) is 0. The van der Waals surface area contributed by atoms with Crippen LogP contribution >= 0.6 is 23.4 Å². The van der Waals surface area contributed by atoms with E-state index in [0.29, 0.717) is 50.8 Å². The molecule has 0 aliphatic carbocycles. The molecule has 2 aliphatic heterocycles. The van der Waals surface area contributed by atoms with Gasteiger partial charge in [-0.3, -0.25) is 9.69 Å². The van der Waals surface area contributed by atoms with Crippen molar-refractivity contribution in [3.8, 4) is 11.5 Å². The van der Waals surface area contributed by atoms with Crippen LogP contribution in [0.1, 0.15) is 16.7 Å². The molecule has 9 heteroatoms. The highest BCUT2D eigenvalue weighted by molar-refractivity contribution is 8.13. The number of amidine groups is 2. The number of nitrogens with zero attached hydrogens (tertiary/aromatic N) is 3. The van der Waals surface area contributed by atoms with E-state index in [2.05, 4.69) is 4.99 Å². The summed E-state index contributed by atoms with van der Waals surface area (Å²) in [4.78, 5) is 24.2. The number of carbonyl (C=O) groups excluding carboxylic acids is 1. The first-order valence-electron chi connectivity index (χ1n) is 10.9. The van der Waals surface area contributed by atoms with Crippen LogP contribution in [-0.4, -0.2) is 42.1 Å². The third-order valence-electron chi connectivity index (χ3n) is 5.89. The number of methoxy groups -OCH3 is 2. The Morgan fingerprint density at radius 2 is 1.77 bits per heavy atom. The Bertz CT molecular complexity index is 1340. The highest BCUT2D eigenvalue weighted by Crippen LogP contribution is 2.42.